The predicted octanol–water partition coefficient (Wildman–Crippen LogP) is -1.72. The minimum Gasteiger partial charge on any atom is -0.480 e. The van der Waals surface area contributed by atoms with Gasteiger partial charge in [-0.1, -0.05) is 6.58 Å². The summed E-state index contributed by atoms with van der Waals surface area (Å²) in [7, 11) is 0. The summed E-state index contributed by atoms with van der Waals surface area (Å²) in [5, 5.41) is 36.1. The van der Waals surface area contributed by atoms with E-state index in [9.17, 15) is 28.8 Å². The van der Waals surface area contributed by atoms with E-state index in [1.54, 1.807) is 0 Å². The van der Waals surface area contributed by atoms with Crippen molar-refractivity contribution in [2.45, 2.75) is 13.3 Å². The van der Waals surface area contributed by atoms with Gasteiger partial charge in [0.05, 0.1) is 45.9 Å². The Morgan fingerprint density at radius 2 is 0.972 bits per heavy atom. The summed E-state index contributed by atoms with van der Waals surface area (Å²) in [6, 6.07) is 0. The molecule has 0 aromatic carbocycles. The Morgan fingerprint density at radius 1 is 0.611 bits per heavy atom. The van der Waals surface area contributed by atoms with Crippen LogP contribution >= 0.6 is 0 Å². The van der Waals surface area contributed by atoms with Crippen molar-refractivity contribution in [1.29, 1.82) is 0 Å². The second kappa shape index (κ2) is 17.8. The Labute approximate surface area is 207 Å². The average molecular weight is 520 g/mol. The number of carboxylic acid groups (broad SMARTS) is 4. The zero-order valence-corrected chi connectivity index (χ0v) is 20.1. The van der Waals surface area contributed by atoms with E-state index >= 15 is 0 Å². The third kappa shape index (κ3) is 17.9. The minimum atomic E-state index is -1.25. The zero-order chi connectivity index (χ0) is 27.7. The van der Waals surface area contributed by atoms with Crippen molar-refractivity contribution in [3.63, 3.8) is 0 Å². The lowest BCUT2D eigenvalue weighted by molar-refractivity contribution is -0.148. The van der Waals surface area contributed by atoms with E-state index in [1.165, 1.54) is 16.7 Å². The van der Waals surface area contributed by atoms with Crippen LogP contribution in [0.3, 0.4) is 0 Å². The van der Waals surface area contributed by atoms with E-state index < -0.39 is 68.5 Å². The number of carboxylic acids is 4. The van der Waals surface area contributed by atoms with E-state index in [-0.39, 0.29) is 51.4 Å². The molecule has 0 heterocycles. The molecule has 0 spiro atoms. The smallest absolute Gasteiger partial charge is 0.333 e. The van der Waals surface area contributed by atoms with Crippen molar-refractivity contribution < 1.29 is 58.7 Å². The van der Waals surface area contributed by atoms with Gasteiger partial charge in [-0.3, -0.25) is 38.7 Å². The number of hydrogen-bond acceptors (Lipinski definition) is 11. The minimum absolute atomic E-state index is 0.00228. The summed E-state index contributed by atoms with van der Waals surface area (Å²) >= 11 is 0. The van der Waals surface area contributed by atoms with Gasteiger partial charge in [-0.2, -0.15) is 0 Å². The molecule has 0 aromatic rings. The molecule has 0 rings (SSSR count). The third-order valence-corrected chi connectivity index (χ3v) is 4.39. The van der Waals surface area contributed by atoms with Crippen molar-refractivity contribution in [2.75, 3.05) is 72.1 Å². The fourth-order valence-electron chi connectivity index (χ4n) is 2.79. The molecule has 0 amide bonds. The molecule has 0 saturated carbocycles. The molecular weight excluding hydrogens is 486 g/mol. The zero-order valence-electron chi connectivity index (χ0n) is 20.1. The molecule has 0 saturated heterocycles. The van der Waals surface area contributed by atoms with Gasteiger partial charge in [-0.25, -0.2) is 4.79 Å². The van der Waals surface area contributed by atoms with Gasteiger partial charge in [0.15, 0.2) is 0 Å². The molecule has 0 unspecified atom stereocenters. The van der Waals surface area contributed by atoms with Gasteiger partial charge >= 0.3 is 35.8 Å². The van der Waals surface area contributed by atoms with Crippen molar-refractivity contribution in [1.82, 2.24) is 14.7 Å². The van der Waals surface area contributed by atoms with Gasteiger partial charge in [0.2, 0.25) is 0 Å². The van der Waals surface area contributed by atoms with Crippen LogP contribution in [0.1, 0.15) is 13.3 Å². The van der Waals surface area contributed by atoms with Crippen LogP contribution < -0.4 is 0 Å². The molecule has 15 nitrogen and oxygen atoms in total. The van der Waals surface area contributed by atoms with Crippen LogP contribution in [-0.2, 0) is 38.2 Å². The van der Waals surface area contributed by atoms with Crippen LogP contribution in [-0.4, -0.2) is 143 Å². The summed E-state index contributed by atoms with van der Waals surface area (Å²) in [4.78, 5) is 71.3. The highest BCUT2D eigenvalue weighted by atomic mass is 16.5. The number of esters is 2. The molecule has 15 heteroatoms. The summed E-state index contributed by atoms with van der Waals surface area (Å²) in [5.41, 5.74) is 0.227. The van der Waals surface area contributed by atoms with Crippen molar-refractivity contribution in [3.05, 3.63) is 12.2 Å². The maximum absolute atomic E-state index is 12.1. The molecule has 0 aliphatic carbocycles. The second-order valence-electron chi connectivity index (χ2n) is 7.76. The quantitative estimate of drug-likeness (QED) is 0.0754. The molecule has 204 valence electrons. The molecule has 0 fully saturated rings. The molecular formula is C21H33N3O12. The lowest BCUT2D eigenvalue weighted by atomic mass is 10.3. The Balaban J connectivity index is 4.84. The highest BCUT2D eigenvalue weighted by Crippen LogP contribution is 1.99. The Morgan fingerprint density at radius 3 is 1.39 bits per heavy atom. The SMILES string of the molecule is C=C(C)C(=O)OCCCOC(=O)CN(CCN(CCN(CC(=O)O)CC(=O)O)CC(=O)O)CC(=O)O. The van der Waals surface area contributed by atoms with Crippen LogP contribution in [0.2, 0.25) is 0 Å². The second-order valence-corrected chi connectivity index (χ2v) is 7.76. The van der Waals surface area contributed by atoms with E-state index in [0.717, 1.165) is 4.90 Å². The molecule has 0 radical (unpaired) electrons. The monoisotopic (exact) mass is 519 g/mol. The van der Waals surface area contributed by atoms with Crippen LogP contribution in [0.4, 0.5) is 0 Å². The van der Waals surface area contributed by atoms with Crippen LogP contribution in [0.25, 0.3) is 0 Å². The number of carbonyl (C=O) groups is 6. The van der Waals surface area contributed by atoms with Crippen LogP contribution in [0.15, 0.2) is 12.2 Å². The first-order valence-corrected chi connectivity index (χ1v) is 10.8. The first-order chi connectivity index (χ1) is 16.8. The number of hydrogen-bond donors (Lipinski definition) is 4. The van der Waals surface area contributed by atoms with E-state index in [1.807, 2.05) is 0 Å². The largest absolute Gasteiger partial charge is 0.480 e. The maximum atomic E-state index is 12.1. The lowest BCUT2D eigenvalue weighted by Crippen LogP contribution is -2.45. The Kier molecular flexibility index (Phi) is 16.1. The fraction of sp³-hybridized carbons (Fsp3) is 0.619. The van der Waals surface area contributed by atoms with Gasteiger partial charge in [-0.15, -0.1) is 0 Å². The lowest BCUT2D eigenvalue weighted by Gasteiger charge is -2.27. The van der Waals surface area contributed by atoms with Crippen LogP contribution in [0.5, 0.6) is 0 Å². The van der Waals surface area contributed by atoms with Gasteiger partial charge in [-0.05, 0) is 6.92 Å². The Bertz CT molecular complexity index is 785. The molecule has 0 bridgehead atoms. The van der Waals surface area contributed by atoms with Gasteiger partial charge in [0, 0.05) is 38.2 Å². The summed E-state index contributed by atoms with van der Waals surface area (Å²) in [6.07, 6.45) is 0.221. The Hall–Kier alpha value is -3.56. The van der Waals surface area contributed by atoms with Gasteiger partial charge in [0.25, 0.3) is 0 Å². The van der Waals surface area contributed by atoms with E-state index in [0.29, 0.717) is 0 Å². The van der Waals surface area contributed by atoms with Crippen LogP contribution in [0, 0.1) is 0 Å². The normalized spacial score (nSPS) is 10.9. The van der Waals surface area contributed by atoms with E-state index in [2.05, 4.69) is 6.58 Å². The summed E-state index contributed by atoms with van der Waals surface area (Å²) in [5.74, 6) is -6.24. The van der Waals surface area contributed by atoms with Crippen molar-refractivity contribution in [2.24, 2.45) is 0 Å². The summed E-state index contributed by atoms with van der Waals surface area (Å²) in [6.45, 7) is 2.20. The van der Waals surface area contributed by atoms with Crippen molar-refractivity contribution >= 4 is 35.8 Å². The van der Waals surface area contributed by atoms with Gasteiger partial charge in [0.1, 0.15) is 0 Å². The molecule has 0 aliphatic rings. The number of rotatable bonds is 21. The van der Waals surface area contributed by atoms with E-state index in [4.69, 9.17) is 29.9 Å². The first kappa shape index (κ1) is 32.4. The number of nitrogens with zero attached hydrogens (tertiary/aromatic N) is 3. The standard InChI is InChI=1S/C21H33N3O12/c1-15(2)21(34)36-9-3-8-35-20(33)14-24(13-19(31)32)7-5-22(10-16(25)26)4-6-23(11-17(27)28)12-18(29)30/h1,3-14H2,2H3,(H,25,26)(H,27,28)(H,29,30)(H,31,32). The molecule has 0 aromatic heterocycles. The topological polar surface area (TPSA) is 212 Å². The maximum Gasteiger partial charge on any atom is 0.333 e. The van der Waals surface area contributed by atoms with Gasteiger partial charge < -0.3 is 29.9 Å². The molecule has 36 heavy (non-hydrogen) atoms. The highest BCUT2D eigenvalue weighted by molar-refractivity contribution is 5.86. The highest BCUT2D eigenvalue weighted by Gasteiger charge is 2.20. The average Bonchev–Trinajstić information content (AvgIpc) is 2.73. The molecule has 0 atom stereocenters. The summed E-state index contributed by atoms with van der Waals surface area (Å²) < 4.78 is 9.87. The van der Waals surface area contributed by atoms with Crippen molar-refractivity contribution in [3.8, 4) is 0 Å². The predicted molar refractivity (Wildman–Crippen MR) is 121 cm³/mol. The third-order valence-electron chi connectivity index (χ3n) is 4.39. The fourth-order valence-corrected chi connectivity index (χ4v) is 2.79. The number of ether oxygens (including phenoxy) is 2. The molecule has 0 aliphatic heterocycles. The number of aliphatic carboxylic acids is 4. The number of carbonyl (C=O) groups excluding carboxylic acids is 2. The molecule has 4 N–H and O–H groups in total. The first-order valence-electron chi connectivity index (χ1n) is 10.8.